The van der Waals surface area contributed by atoms with E-state index in [1.54, 1.807) is 0 Å². The van der Waals surface area contributed by atoms with Crippen molar-refractivity contribution in [3.05, 3.63) is 84.4 Å². The molecule has 0 radical (unpaired) electrons. The molecule has 1 aliphatic carbocycles. The van der Waals surface area contributed by atoms with Gasteiger partial charge in [0.25, 0.3) is 0 Å². The van der Waals surface area contributed by atoms with Crippen LogP contribution in [0.25, 0.3) is 33.9 Å². The van der Waals surface area contributed by atoms with E-state index < -0.39 is 0 Å². The van der Waals surface area contributed by atoms with Crippen LogP contribution in [-0.2, 0) is 13.2 Å². The van der Waals surface area contributed by atoms with Crippen molar-refractivity contribution in [1.82, 2.24) is 9.55 Å². The first kappa shape index (κ1) is 25.3. The fourth-order valence-corrected chi connectivity index (χ4v) is 5.39. The van der Waals surface area contributed by atoms with Gasteiger partial charge < -0.3 is 14.4 Å². The largest absolute Gasteiger partial charge is 0.490 e. The molecule has 0 saturated heterocycles. The molecule has 0 amide bonds. The van der Waals surface area contributed by atoms with Gasteiger partial charge in [-0.15, -0.1) is 0 Å². The predicted octanol–water partition coefficient (Wildman–Crippen LogP) is 8.28. The van der Waals surface area contributed by atoms with E-state index in [9.17, 15) is 5.11 Å². The molecule has 192 valence electrons. The molecule has 0 atom stereocenters. The van der Waals surface area contributed by atoms with Gasteiger partial charge in [-0.1, -0.05) is 99.0 Å². The second kappa shape index (κ2) is 12.2. The lowest BCUT2D eigenvalue weighted by molar-refractivity contribution is 0.199. The Bertz CT molecular complexity index is 1270. The summed E-state index contributed by atoms with van der Waals surface area (Å²) in [6.45, 7) is 3.12. The van der Waals surface area contributed by atoms with Gasteiger partial charge in [0.15, 0.2) is 0 Å². The maximum absolute atomic E-state index is 10.0. The summed E-state index contributed by atoms with van der Waals surface area (Å²) in [6.07, 6.45) is 9.56. The highest BCUT2D eigenvalue weighted by Crippen LogP contribution is 2.38. The zero-order valence-electron chi connectivity index (χ0n) is 21.9. The first-order chi connectivity index (χ1) is 18.3. The van der Waals surface area contributed by atoms with Gasteiger partial charge in [-0.3, -0.25) is 0 Å². The van der Waals surface area contributed by atoms with Crippen molar-refractivity contribution in [2.45, 2.75) is 77.5 Å². The van der Waals surface area contributed by atoms with E-state index in [4.69, 9.17) is 9.72 Å². The molecule has 0 aliphatic heterocycles. The Labute approximate surface area is 221 Å². The third kappa shape index (κ3) is 5.80. The summed E-state index contributed by atoms with van der Waals surface area (Å²) in [7, 11) is 0. The fourth-order valence-electron chi connectivity index (χ4n) is 5.39. The molecular weight excluding hydrogens is 456 g/mol. The Balaban J connectivity index is 1.65. The lowest BCUT2D eigenvalue weighted by Crippen LogP contribution is -2.12. The highest BCUT2D eigenvalue weighted by molar-refractivity contribution is 5.82. The molecule has 0 unspecified atom stereocenters. The third-order valence-corrected chi connectivity index (χ3v) is 7.39. The van der Waals surface area contributed by atoms with Crippen LogP contribution in [0, 0.1) is 0 Å². The molecule has 4 nitrogen and oxygen atoms in total. The van der Waals surface area contributed by atoms with Gasteiger partial charge in [0.2, 0.25) is 0 Å². The Morgan fingerprint density at radius 3 is 2.22 bits per heavy atom. The lowest BCUT2D eigenvalue weighted by atomic mass is 10.0. The zero-order chi connectivity index (χ0) is 25.5. The van der Waals surface area contributed by atoms with E-state index in [1.807, 2.05) is 6.07 Å². The van der Waals surface area contributed by atoms with Crippen molar-refractivity contribution in [2.24, 2.45) is 0 Å². The minimum atomic E-state index is -0.0294. The molecule has 1 saturated carbocycles. The number of aliphatic hydroxyl groups excluding tert-OH is 1. The molecule has 1 heterocycles. The van der Waals surface area contributed by atoms with Gasteiger partial charge in [0, 0.05) is 28.8 Å². The van der Waals surface area contributed by atoms with Crippen LogP contribution in [-0.4, -0.2) is 20.8 Å². The van der Waals surface area contributed by atoms with Crippen molar-refractivity contribution < 1.29 is 9.84 Å². The molecule has 1 N–H and O–H groups in total. The number of ether oxygens (including phenoxy) is 1. The molecule has 4 aromatic rings. The molecule has 1 aliphatic rings. The smallest absolute Gasteiger partial charge is 0.141 e. The summed E-state index contributed by atoms with van der Waals surface area (Å²) in [5.41, 5.74) is 6.31. The normalized spacial score (nSPS) is 13.8. The molecule has 3 aromatic carbocycles. The number of aromatic nitrogens is 2. The van der Waals surface area contributed by atoms with Crippen LogP contribution in [0.2, 0.25) is 0 Å². The summed E-state index contributed by atoms with van der Waals surface area (Å²) >= 11 is 0. The molecule has 1 aromatic heterocycles. The molecule has 1 fully saturated rings. The van der Waals surface area contributed by atoms with E-state index in [0.717, 1.165) is 65.5 Å². The minimum absolute atomic E-state index is 0.0294. The second-order valence-electron chi connectivity index (χ2n) is 10.1. The maximum atomic E-state index is 10.0. The van der Waals surface area contributed by atoms with E-state index in [0.29, 0.717) is 0 Å². The molecule has 5 rings (SSSR count). The Hall–Kier alpha value is -3.37. The molecule has 4 heteroatoms. The van der Waals surface area contributed by atoms with Gasteiger partial charge in [-0.25, -0.2) is 4.98 Å². The SMILES string of the molecule is CCCCCCn1c(-c2ccc(CO)c(OC3CCCC3)c2)nc(-c2ccccc2)c1-c1ccccc1. The first-order valence-corrected chi connectivity index (χ1v) is 13.9. The van der Waals surface area contributed by atoms with Crippen molar-refractivity contribution >= 4 is 0 Å². The first-order valence-electron chi connectivity index (χ1n) is 13.9. The Morgan fingerprint density at radius 2 is 1.54 bits per heavy atom. The third-order valence-electron chi connectivity index (χ3n) is 7.39. The molecule has 37 heavy (non-hydrogen) atoms. The van der Waals surface area contributed by atoms with Crippen molar-refractivity contribution in [3.63, 3.8) is 0 Å². The monoisotopic (exact) mass is 494 g/mol. The topological polar surface area (TPSA) is 47.3 Å². The predicted molar refractivity (Wildman–Crippen MR) is 151 cm³/mol. The summed E-state index contributed by atoms with van der Waals surface area (Å²) < 4.78 is 8.83. The number of rotatable bonds is 11. The number of unbranched alkanes of at least 4 members (excludes halogenated alkanes) is 3. The van der Waals surface area contributed by atoms with Crippen molar-refractivity contribution in [3.8, 4) is 39.7 Å². The summed E-state index contributed by atoms with van der Waals surface area (Å²) in [4.78, 5) is 5.30. The van der Waals surface area contributed by atoms with Crippen molar-refractivity contribution in [2.75, 3.05) is 0 Å². The lowest BCUT2D eigenvalue weighted by Gasteiger charge is -2.18. The van der Waals surface area contributed by atoms with Crippen LogP contribution >= 0.6 is 0 Å². The number of aliphatic hydroxyl groups is 1. The van der Waals surface area contributed by atoms with Gasteiger partial charge in [-0.2, -0.15) is 0 Å². The summed E-state index contributed by atoms with van der Waals surface area (Å²) in [6, 6.07) is 27.3. The number of nitrogens with zero attached hydrogens (tertiary/aromatic N) is 2. The van der Waals surface area contributed by atoms with E-state index in [2.05, 4.69) is 84.3 Å². The standard InChI is InChI=1S/C33H38N2O2/c1-2-3-4-13-22-35-32(26-16-9-6-10-17-26)31(25-14-7-5-8-15-25)34-33(35)27-20-21-28(24-36)30(23-27)37-29-18-11-12-19-29/h5-10,14-17,20-21,23,29,36H,2-4,11-13,18-19,22,24H2,1H3. The number of hydrogen-bond donors (Lipinski definition) is 1. The Kier molecular flexibility index (Phi) is 8.37. The minimum Gasteiger partial charge on any atom is -0.490 e. The highest BCUT2D eigenvalue weighted by atomic mass is 16.5. The zero-order valence-corrected chi connectivity index (χ0v) is 21.9. The van der Waals surface area contributed by atoms with E-state index in [1.165, 1.54) is 37.7 Å². The van der Waals surface area contributed by atoms with Gasteiger partial charge in [0.05, 0.1) is 24.1 Å². The average molecular weight is 495 g/mol. The molecule has 0 spiro atoms. The number of benzene rings is 3. The van der Waals surface area contributed by atoms with Gasteiger partial charge >= 0.3 is 0 Å². The van der Waals surface area contributed by atoms with E-state index in [-0.39, 0.29) is 12.7 Å². The molecular formula is C33H38N2O2. The second-order valence-corrected chi connectivity index (χ2v) is 10.1. The quantitative estimate of drug-likeness (QED) is 0.213. The fraction of sp³-hybridized carbons (Fsp3) is 0.364. The van der Waals surface area contributed by atoms with Crippen LogP contribution in [0.4, 0.5) is 0 Å². The number of hydrogen-bond acceptors (Lipinski definition) is 3. The number of imidazole rings is 1. The van der Waals surface area contributed by atoms with Gasteiger partial charge in [0.1, 0.15) is 11.6 Å². The van der Waals surface area contributed by atoms with E-state index >= 15 is 0 Å². The van der Waals surface area contributed by atoms with Crippen LogP contribution < -0.4 is 4.74 Å². The van der Waals surface area contributed by atoms with Gasteiger partial charge in [-0.05, 0) is 38.2 Å². The average Bonchev–Trinajstić information content (AvgIpc) is 3.60. The highest BCUT2D eigenvalue weighted by Gasteiger charge is 2.23. The maximum Gasteiger partial charge on any atom is 0.141 e. The van der Waals surface area contributed by atoms with Crippen LogP contribution in [0.15, 0.2) is 78.9 Å². The summed E-state index contributed by atoms with van der Waals surface area (Å²) in [5, 5.41) is 10.0. The Morgan fingerprint density at radius 1 is 0.838 bits per heavy atom. The molecule has 0 bridgehead atoms. The summed E-state index contributed by atoms with van der Waals surface area (Å²) in [5.74, 6) is 1.74. The van der Waals surface area contributed by atoms with Crippen LogP contribution in [0.5, 0.6) is 5.75 Å². The van der Waals surface area contributed by atoms with Crippen molar-refractivity contribution in [1.29, 1.82) is 0 Å². The van der Waals surface area contributed by atoms with Crippen LogP contribution in [0.1, 0.15) is 63.9 Å². The van der Waals surface area contributed by atoms with Crippen LogP contribution in [0.3, 0.4) is 0 Å².